The van der Waals surface area contributed by atoms with Gasteiger partial charge < -0.3 is 36.0 Å². The number of hydrogen-bond acceptors (Lipinski definition) is 7. The molecule has 4 unspecified atom stereocenters. The van der Waals surface area contributed by atoms with E-state index in [2.05, 4.69) is 22.9 Å². The Bertz CT molecular complexity index is 352. The molecule has 0 aliphatic carbocycles. The van der Waals surface area contributed by atoms with Crippen molar-refractivity contribution in [1.29, 1.82) is 0 Å². The van der Waals surface area contributed by atoms with Crippen LogP contribution in [0.2, 0.25) is 0 Å². The van der Waals surface area contributed by atoms with Crippen LogP contribution < -0.4 is 16.0 Å². The van der Waals surface area contributed by atoms with Gasteiger partial charge in [-0.1, -0.05) is 6.92 Å². The van der Waals surface area contributed by atoms with E-state index in [0.717, 1.165) is 6.54 Å². The Labute approximate surface area is 152 Å². The number of hydrogen-bond donors (Lipinski definition) is 6. The molecule has 7 nitrogen and oxygen atoms in total. The number of aliphatic hydroxyl groups excluding tert-OH is 3. The minimum absolute atomic E-state index is 0.106. The monoisotopic (exact) mass is 361 g/mol. The van der Waals surface area contributed by atoms with E-state index in [1.807, 2.05) is 20.8 Å². The van der Waals surface area contributed by atoms with Crippen molar-refractivity contribution >= 4 is 0 Å². The first-order valence-electron chi connectivity index (χ1n) is 9.50. The summed E-state index contributed by atoms with van der Waals surface area (Å²) in [7, 11) is 0. The van der Waals surface area contributed by atoms with Crippen molar-refractivity contribution in [2.24, 2.45) is 5.92 Å². The van der Waals surface area contributed by atoms with Crippen molar-refractivity contribution in [1.82, 2.24) is 16.0 Å². The maximum atomic E-state index is 10.4. The first kappa shape index (κ1) is 22.8. The van der Waals surface area contributed by atoms with E-state index in [0.29, 0.717) is 51.5 Å². The number of ether oxygens (including phenoxy) is 1. The van der Waals surface area contributed by atoms with E-state index < -0.39 is 18.3 Å². The van der Waals surface area contributed by atoms with Crippen molar-refractivity contribution < 1.29 is 20.1 Å². The minimum atomic E-state index is -0.534. The molecule has 0 radical (unpaired) electrons. The molecule has 1 saturated heterocycles. The van der Waals surface area contributed by atoms with Crippen LogP contribution in [0, 0.1) is 5.92 Å². The number of nitrogens with one attached hydrogen (secondary N) is 3. The third kappa shape index (κ3) is 11.9. The predicted octanol–water partition coefficient (Wildman–Crippen LogP) is -0.548. The molecule has 6 N–H and O–H groups in total. The quantitative estimate of drug-likeness (QED) is 0.372. The average Bonchev–Trinajstić information content (AvgIpc) is 2.44. The van der Waals surface area contributed by atoms with Gasteiger partial charge in [0.25, 0.3) is 0 Å². The highest BCUT2D eigenvalue weighted by atomic mass is 16.5. The number of aliphatic hydroxyl groups is 3. The topological polar surface area (TPSA) is 106 Å². The van der Waals surface area contributed by atoms with Crippen LogP contribution in [0.15, 0.2) is 0 Å². The molecule has 0 saturated carbocycles. The zero-order valence-electron chi connectivity index (χ0n) is 16.3. The van der Waals surface area contributed by atoms with E-state index in [1.165, 1.54) is 0 Å². The molecule has 1 heterocycles. The molecule has 0 aromatic rings. The van der Waals surface area contributed by atoms with Crippen molar-refractivity contribution in [3.05, 3.63) is 0 Å². The van der Waals surface area contributed by atoms with Crippen LogP contribution in [0.5, 0.6) is 0 Å². The summed E-state index contributed by atoms with van der Waals surface area (Å²) in [6, 6.07) is 0. The molecule has 0 amide bonds. The number of rotatable bonds is 1. The highest BCUT2D eigenvalue weighted by Gasteiger charge is 2.23. The summed E-state index contributed by atoms with van der Waals surface area (Å²) in [5, 5.41) is 39.9. The molecule has 1 rings (SSSR count). The second-order valence-electron chi connectivity index (χ2n) is 8.37. The van der Waals surface area contributed by atoms with E-state index in [9.17, 15) is 15.3 Å². The van der Waals surface area contributed by atoms with Crippen LogP contribution >= 0.6 is 0 Å². The van der Waals surface area contributed by atoms with Crippen LogP contribution in [0.4, 0.5) is 0 Å². The van der Waals surface area contributed by atoms with Gasteiger partial charge in [-0.2, -0.15) is 0 Å². The van der Waals surface area contributed by atoms with Crippen molar-refractivity contribution in [2.75, 3.05) is 39.3 Å². The first-order valence-corrected chi connectivity index (χ1v) is 9.50. The van der Waals surface area contributed by atoms with Crippen molar-refractivity contribution in [2.45, 2.75) is 70.6 Å². The Morgan fingerprint density at radius 1 is 0.720 bits per heavy atom. The fourth-order valence-corrected chi connectivity index (χ4v) is 3.09. The molecule has 5 atom stereocenters. The summed E-state index contributed by atoms with van der Waals surface area (Å²) in [4.78, 5) is 0. The lowest BCUT2D eigenvalue weighted by molar-refractivity contribution is -0.0772. The predicted molar refractivity (Wildman–Crippen MR) is 99.7 cm³/mol. The van der Waals surface area contributed by atoms with Gasteiger partial charge in [0.15, 0.2) is 0 Å². The highest BCUT2D eigenvalue weighted by Crippen LogP contribution is 2.17. The summed E-state index contributed by atoms with van der Waals surface area (Å²) >= 11 is 0. The van der Waals surface area contributed by atoms with E-state index in [4.69, 9.17) is 4.74 Å². The Hall–Kier alpha value is -0.280. The Morgan fingerprint density at radius 2 is 1.20 bits per heavy atom. The zero-order chi connectivity index (χ0) is 18.9. The van der Waals surface area contributed by atoms with Crippen LogP contribution in [-0.2, 0) is 4.74 Å². The summed E-state index contributed by atoms with van der Waals surface area (Å²) in [6.45, 7) is 11.3. The number of β-amino-alcohol motifs (C(OH)–C–C–N with tert-alkyl or cyclic N) is 2. The van der Waals surface area contributed by atoms with Gasteiger partial charge in [0.1, 0.15) is 0 Å². The normalized spacial score (nSPS) is 35.4. The first-order chi connectivity index (χ1) is 11.7. The lowest BCUT2D eigenvalue weighted by atomic mass is 9.99. The van der Waals surface area contributed by atoms with Crippen LogP contribution in [0.3, 0.4) is 0 Å². The highest BCUT2D eigenvalue weighted by molar-refractivity contribution is 4.76. The van der Waals surface area contributed by atoms with Crippen molar-refractivity contribution in [3.8, 4) is 0 Å². The fourth-order valence-electron chi connectivity index (χ4n) is 3.09. The van der Waals surface area contributed by atoms with Crippen LogP contribution in [0.25, 0.3) is 0 Å². The molecule has 0 spiro atoms. The molecule has 7 heteroatoms. The van der Waals surface area contributed by atoms with Crippen LogP contribution in [-0.4, -0.2) is 84.6 Å². The van der Waals surface area contributed by atoms with Gasteiger partial charge in [-0.15, -0.1) is 0 Å². The van der Waals surface area contributed by atoms with E-state index >= 15 is 0 Å². The van der Waals surface area contributed by atoms with E-state index in [1.54, 1.807) is 0 Å². The van der Waals surface area contributed by atoms with Crippen molar-refractivity contribution in [3.63, 3.8) is 0 Å². The molecule has 25 heavy (non-hydrogen) atoms. The Kier molecular flexibility index (Phi) is 10.4. The summed E-state index contributed by atoms with van der Waals surface area (Å²) in [5.74, 6) is 0.313. The molecule has 1 fully saturated rings. The van der Waals surface area contributed by atoms with Gasteiger partial charge in [0.2, 0.25) is 0 Å². The largest absolute Gasteiger partial charge is 0.393 e. The lowest BCUT2D eigenvalue weighted by Crippen LogP contribution is -2.44. The second kappa shape index (κ2) is 11.4. The molecule has 150 valence electrons. The molecule has 0 bridgehead atoms. The molecule has 0 aromatic carbocycles. The van der Waals surface area contributed by atoms with Gasteiger partial charge in [0.05, 0.1) is 30.0 Å². The van der Waals surface area contributed by atoms with Gasteiger partial charge >= 0.3 is 0 Å². The molecule has 1 aliphatic heterocycles. The second-order valence-corrected chi connectivity index (χ2v) is 8.37. The molecule has 1 aliphatic rings. The SMILES string of the molecule is CC1CNCC(O)CNCC(O)CNCC(OC(C)(C)C)C[C@H](O)C1. The maximum absolute atomic E-state index is 10.4. The maximum Gasteiger partial charge on any atom is 0.0788 e. The van der Waals surface area contributed by atoms with Gasteiger partial charge in [-0.05, 0) is 39.7 Å². The average molecular weight is 362 g/mol. The fraction of sp³-hybridized carbons (Fsp3) is 1.00. The third-order valence-corrected chi connectivity index (χ3v) is 4.11. The summed E-state index contributed by atoms with van der Waals surface area (Å²) in [6.07, 6.45) is -0.317. The van der Waals surface area contributed by atoms with E-state index in [-0.39, 0.29) is 11.7 Å². The lowest BCUT2D eigenvalue weighted by Gasteiger charge is -2.30. The standard InChI is InChI=1S/C18H39N3O4/c1-13-5-14(22)6-17(25-18(2,3)4)12-21-11-16(24)10-20-9-15(23)8-19-7-13/h13-17,19-24H,5-12H2,1-4H3/t13?,14-,15?,16?,17?/m1/s1. The Morgan fingerprint density at radius 3 is 1.72 bits per heavy atom. The smallest absolute Gasteiger partial charge is 0.0788 e. The molecule has 0 aromatic heterocycles. The summed E-state index contributed by atoms with van der Waals surface area (Å²) < 4.78 is 6.07. The summed E-state index contributed by atoms with van der Waals surface area (Å²) in [5.41, 5.74) is -0.281. The van der Waals surface area contributed by atoms with Gasteiger partial charge in [0, 0.05) is 39.1 Å². The molecular weight excluding hydrogens is 322 g/mol. The van der Waals surface area contributed by atoms with Gasteiger partial charge in [-0.3, -0.25) is 0 Å². The third-order valence-electron chi connectivity index (χ3n) is 4.11. The molecular formula is C18H39N3O4. The minimum Gasteiger partial charge on any atom is -0.393 e. The van der Waals surface area contributed by atoms with Crippen LogP contribution in [0.1, 0.15) is 40.5 Å². The zero-order valence-corrected chi connectivity index (χ0v) is 16.3. The van der Waals surface area contributed by atoms with Gasteiger partial charge in [-0.25, -0.2) is 0 Å². The Balaban J connectivity index is 2.62.